The Morgan fingerprint density at radius 2 is 1.90 bits per heavy atom. The lowest BCUT2D eigenvalue weighted by Gasteiger charge is -2.17. The van der Waals surface area contributed by atoms with Crippen molar-refractivity contribution in [2.45, 2.75) is 38.5 Å². The van der Waals surface area contributed by atoms with Crippen LogP contribution >= 0.6 is 0 Å². The van der Waals surface area contributed by atoms with Gasteiger partial charge in [0.25, 0.3) is 0 Å². The topological polar surface area (TPSA) is 42.7 Å². The first-order chi connectivity index (χ1) is 10.3. The van der Waals surface area contributed by atoms with Gasteiger partial charge in [-0.1, -0.05) is 37.8 Å². The van der Waals surface area contributed by atoms with E-state index in [2.05, 4.69) is 39.8 Å². The first-order valence-electron chi connectivity index (χ1n) is 8.02. The fourth-order valence-electron chi connectivity index (χ4n) is 3.18. The number of aryl methyl sites for hydroxylation is 1. The van der Waals surface area contributed by atoms with Crippen LogP contribution in [0.15, 0.2) is 30.6 Å². The van der Waals surface area contributed by atoms with E-state index in [9.17, 15) is 0 Å². The number of hydrogen-bond acceptors (Lipinski definition) is 3. The van der Waals surface area contributed by atoms with Gasteiger partial charge in [0.05, 0.1) is 0 Å². The molecule has 0 unspecified atom stereocenters. The van der Waals surface area contributed by atoms with Crippen molar-refractivity contribution in [3.05, 3.63) is 30.6 Å². The number of anilines is 1. The van der Waals surface area contributed by atoms with Crippen molar-refractivity contribution >= 4 is 5.69 Å². The zero-order chi connectivity index (χ0) is 14.5. The number of nitrogens with one attached hydrogen (secondary N) is 1. The van der Waals surface area contributed by atoms with E-state index in [1.54, 1.807) is 6.33 Å². The van der Waals surface area contributed by atoms with Gasteiger partial charge in [0.1, 0.15) is 6.33 Å². The van der Waals surface area contributed by atoms with Gasteiger partial charge in [0.2, 0.25) is 0 Å². The highest BCUT2D eigenvalue weighted by atomic mass is 15.2. The molecule has 0 bridgehead atoms. The summed E-state index contributed by atoms with van der Waals surface area (Å²) in [5, 5.41) is 11.9. The Hall–Kier alpha value is -1.84. The Balaban J connectivity index is 1.72. The minimum absolute atomic E-state index is 0.806. The molecule has 0 spiro atoms. The highest BCUT2D eigenvalue weighted by Crippen LogP contribution is 2.28. The van der Waals surface area contributed by atoms with Gasteiger partial charge in [-0.05, 0) is 30.9 Å². The molecule has 1 heterocycles. The van der Waals surface area contributed by atoms with E-state index in [-0.39, 0.29) is 0 Å². The Morgan fingerprint density at radius 1 is 1.14 bits per heavy atom. The van der Waals surface area contributed by atoms with Gasteiger partial charge in [-0.25, -0.2) is 0 Å². The number of para-hydroxylation sites is 1. The fourth-order valence-corrected chi connectivity index (χ4v) is 3.18. The van der Waals surface area contributed by atoms with Crippen LogP contribution in [0.3, 0.4) is 0 Å². The third kappa shape index (κ3) is 3.43. The highest BCUT2D eigenvalue weighted by molar-refractivity contribution is 5.73. The molecule has 4 heteroatoms. The van der Waals surface area contributed by atoms with Crippen molar-refractivity contribution in [1.82, 2.24) is 14.8 Å². The molecular formula is C17H24N4. The number of benzene rings is 1. The molecule has 1 fully saturated rings. The van der Waals surface area contributed by atoms with Gasteiger partial charge >= 0.3 is 0 Å². The average Bonchev–Trinajstić information content (AvgIpc) is 2.77. The molecule has 0 atom stereocenters. The monoisotopic (exact) mass is 284 g/mol. The van der Waals surface area contributed by atoms with Crippen molar-refractivity contribution in [1.29, 1.82) is 0 Å². The molecule has 1 aromatic heterocycles. The second-order valence-corrected chi connectivity index (χ2v) is 6.05. The van der Waals surface area contributed by atoms with Gasteiger partial charge < -0.3 is 9.88 Å². The molecule has 1 N–H and O–H groups in total. The summed E-state index contributed by atoms with van der Waals surface area (Å²) in [4.78, 5) is 0. The third-order valence-electron chi connectivity index (χ3n) is 4.44. The molecule has 2 aromatic rings. The molecule has 21 heavy (non-hydrogen) atoms. The molecule has 0 amide bonds. The number of aromatic nitrogens is 3. The maximum atomic E-state index is 4.23. The van der Waals surface area contributed by atoms with Crippen molar-refractivity contribution in [2.24, 2.45) is 13.0 Å². The predicted molar refractivity (Wildman–Crippen MR) is 86.1 cm³/mol. The summed E-state index contributed by atoms with van der Waals surface area (Å²) in [5.74, 6) is 1.72. The maximum absolute atomic E-state index is 4.23. The van der Waals surface area contributed by atoms with E-state index >= 15 is 0 Å². The molecule has 1 aliphatic rings. The summed E-state index contributed by atoms with van der Waals surface area (Å²) in [6.07, 6.45) is 10.1. The molecule has 1 aliphatic carbocycles. The summed E-state index contributed by atoms with van der Waals surface area (Å²) in [7, 11) is 1.98. The van der Waals surface area contributed by atoms with Crippen LogP contribution in [0, 0.1) is 5.92 Å². The van der Waals surface area contributed by atoms with E-state index in [0.717, 1.165) is 29.5 Å². The first-order valence-corrected chi connectivity index (χ1v) is 8.02. The third-order valence-corrected chi connectivity index (χ3v) is 4.44. The SMILES string of the molecule is Cn1cnnc1-c1ccccc1NCC1CCCCCC1. The number of rotatable bonds is 4. The number of nitrogens with zero attached hydrogens (tertiary/aromatic N) is 3. The van der Waals surface area contributed by atoms with Gasteiger partial charge in [-0.2, -0.15) is 0 Å². The Labute approximate surface area is 126 Å². The smallest absolute Gasteiger partial charge is 0.165 e. The summed E-state index contributed by atoms with van der Waals surface area (Å²) in [6.45, 7) is 1.06. The molecule has 3 rings (SSSR count). The van der Waals surface area contributed by atoms with Crippen LogP contribution in [-0.4, -0.2) is 21.3 Å². The van der Waals surface area contributed by atoms with Crippen LogP contribution in [0.2, 0.25) is 0 Å². The minimum Gasteiger partial charge on any atom is -0.384 e. The second kappa shape index (κ2) is 6.74. The van der Waals surface area contributed by atoms with Crippen molar-refractivity contribution < 1.29 is 0 Å². The summed E-state index contributed by atoms with van der Waals surface area (Å²) < 4.78 is 1.96. The van der Waals surface area contributed by atoms with Crippen molar-refractivity contribution in [2.75, 3.05) is 11.9 Å². The first kappa shape index (κ1) is 14.1. The molecule has 112 valence electrons. The maximum Gasteiger partial charge on any atom is 0.165 e. The normalized spacial score (nSPS) is 16.6. The van der Waals surface area contributed by atoms with Crippen LogP contribution in [0.4, 0.5) is 5.69 Å². The Bertz CT molecular complexity index is 568. The van der Waals surface area contributed by atoms with Gasteiger partial charge in [-0.3, -0.25) is 0 Å². The number of hydrogen-bond donors (Lipinski definition) is 1. The van der Waals surface area contributed by atoms with Crippen LogP contribution < -0.4 is 5.32 Å². The summed E-state index contributed by atoms with van der Waals surface area (Å²) >= 11 is 0. The molecule has 4 nitrogen and oxygen atoms in total. The van der Waals surface area contributed by atoms with Crippen LogP contribution in [0.25, 0.3) is 11.4 Å². The Kier molecular flexibility index (Phi) is 4.53. The summed E-state index contributed by atoms with van der Waals surface area (Å²) in [5.41, 5.74) is 2.30. The van der Waals surface area contributed by atoms with Crippen molar-refractivity contribution in [3.8, 4) is 11.4 Å². The van der Waals surface area contributed by atoms with Crippen LogP contribution in [-0.2, 0) is 7.05 Å². The highest BCUT2D eigenvalue weighted by Gasteiger charge is 2.14. The van der Waals surface area contributed by atoms with E-state index in [1.165, 1.54) is 38.5 Å². The average molecular weight is 284 g/mol. The molecule has 0 aliphatic heterocycles. The second-order valence-electron chi connectivity index (χ2n) is 6.05. The molecule has 0 saturated heterocycles. The molecule has 0 radical (unpaired) electrons. The van der Waals surface area contributed by atoms with Crippen LogP contribution in [0.1, 0.15) is 38.5 Å². The predicted octanol–water partition coefficient (Wildman–Crippen LogP) is 3.86. The summed E-state index contributed by atoms with van der Waals surface area (Å²) in [6, 6.07) is 8.39. The van der Waals surface area contributed by atoms with Crippen LogP contribution in [0.5, 0.6) is 0 Å². The van der Waals surface area contributed by atoms with Gasteiger partial charge in [-0.15, -0.1) is 10.2 Å². The lowest BCUT2D eigenvalue weighted by Crippen LogP contribution is -2.14. The van der Waals surface area contributed by atoms with E-state index in [1.807, 2.05) is 11.6 Å². The van der Waals surface area contributed by atoms with E-state index < -0.39 is 0 Å². The zero-order valence-corrected chi connectivity index (χ0v) is 12.8. The lowest BCUT2D eigenvalue weighted by molar-refractivity contribution is 0.483. The van der Waals surface area contributed by atoms with Gasteiger partial charge in [0.15, 0.2) is 5.82 Å². The fraction of sp³-hybridized carbons (Fsp3) is 0.529. The van der Waals surface area contributed by atoms with Crippen molar-refractivity contribution in [3.63, 3.8) is 0 Å². The molecular weight excluding hydrogens is 260 g/mol. The van der Waals surface area contributed by atoms with E-state index in [4.69, 9.17) is 0 Å². The standard InChI is InChI=1S/C17H24N4/c1-21-13-19-20-17(21)15-10-6-7-11-16(15)18-12-14-8-4-2-3-5-9-14/h6-7,10-11,13-14,18H,2-5,8-9,12H2,1H3. The van der Waals surface area contributed by atoms with Gasteiger partial charge in [0, 0.05) is 24.8 Å². The quantitative estimate of drug-likeness (QED) is 0.867. The zero-order valence-electron chi connectivity index (χ0n) is 12.8. The molecule has 1 saturated carbocycles. The molecule has 1 aromatic carbocycles. The minimum atomic E-state index is 0.806. The Morgan fingerprint density at radius 3 is 2.62 bits per heavy atom. The van der Waals surface area contributed by atoms with E-state index in [0.29, 0.717) is 0 Å². The lowest BCUT2D eigenvalue weighted by atomic mass is 10.00. The largest absolute Gasteiger partial charge is 0.384 e.